The summed E-state index contributed by atoms with van der Waals surface area (Å²) in [6.45, 7) is 17.5. The van der Waals surface area contributed by atoms with E-state index in [9.17, 15) is 19.2 Å². The second-order valence-electron chi connectivity index (χ2n) is 9.58. The summed E-state index contributed by atoms with van der Waals surface area (Å²) < 4.78 is 17.1. The third kappa shape index (κ3) is 9.10. The molecular weight excluding hydrogens is 556 g/mol. The first-order chi connectivity index (χ1) is 20.6. The van der Waals surface area contributed by atoms with Crippen molar-refractivity contribution in [3.05, 3.63) is 17.8 Å². The second kappa shape index (κ2) is 17.0. The summed E-state index contributed by atoms with van der Waals surface area (Å²) in [5.74, 6) is -0.173. The van der Waals surface area contributed by atoms with Crippen LogP contribution in [0.25, 0.3) is 10.8 Å². The molecule has 0 aliphatic rings. The molecule has 2 aromatic rings. The summed E-state index contributed by atoms with van der Waals surface area (Å²) in [4.78, 5) is 60.7. The zero-order chi connectivity index (χ0) is 32.1. The van der Waals surface area contributed by atoms with Gasteiger partial charge >= 0.3 is 24.3 Å². The van der Waals surface area contributed by atoms with Gasteiger partial charge in [0.1, 0.15) is 5.69 Å². The highest BCUT2D eigenvalue weighted by Crippen LogP contribution is 2.41. The smallest absolute Gasteiger partial charge is 0.406 e. The number of hydrogen-bond acceptors (Lipinski definition) is 8. The highest BCUT2D eigenvalue weighted by atomic mass is 16.6. The standard InChI is InChI=1S/C30H46N6O7/c1-9-16-17-31-27(37)33-25-22-19-24(42-29(39)35(12-4)13-5)23(41-28(38)34(10-2)11-3)18-21(22)20(8)32-26(25)43-30(40)36(14-6)15-7/h18-19H,9-17H2,1-8H3,(H2,31,33,37). The Kier molecular flexibility index (Phi) is 13.8. The van der Waals surface area contributed by atoms with Gasteiger partial charge in [0.05, 0.1) is 0 Å². The predicted octanol–water partition coefficient (Wildman–Crippen LogP) is 5.99. The quantitative estimate of drug-likeness (QED) is 0.266. The minimum atomic E-state index is -0.643. The Morgan fingerprint density at radius 1 is 0.698 bits per heavy atom. The minimum Gasteiger partial charge on any atom is -0.406 e. The molecule has 0 bridgehead atoms. The molecule has 0 saturated heterocycles. The van der Waals surface area contributed by atoms with Gasteiger partial charge in [-0.05, 0) is 67.0 Å². The van der Waals surface area contributed by atoms with E-state index in [1.165, 1.54) is 26.8 Å². The number of fused-ring (bicyclic) bond motifs is 1. The monoisotopic (exact) mass is 602 g/mol. The zero-order valence-corrected chi connectivity index (χ0v) is 26.7. The third-order valence-corrected chi connectivity index (χ3v) is 6.92. The van der Waals surface area contributed by atoms with E-state index in [2.05, 4.69) is 15.6 Å². The summed E-state index contributed by atoms with van der Waals surface area (Å²) in [6.07, 6.45) is -0.234. The highest BCUT2D eigenvalue weighted by Gasteiger charge is 2.25. The molecule has 2 N–H and O–H groups in total. The van der Waals surface area contributed by atoms with Gasteiger partial charge in [0.25, 0.3) is 0 Å². The molecular formula is C30H46N6O7. The molecule has 0 unspecified atom stereocenters. The molecule has 2 rings (SSSR count). The normalized spacial score (nSPS) is 10.6. The lowest BCUT2D eigenvalue weighted by Crippen LogP contribution is -2.34. The number of carbonyl (C=O) groups is 4. The maximum atomic E-state index is 13.0. The van der Waals surface area contributed by atoms with Crippen LogP contribution in [0.2, 0.25) is 0 Å². The van der Waals surface area contributed by atoms with Gasteiger partial charge in [-0.1, -0.05) is 13.3 Å². The fourth-order valence-corrected chi connectivity index (χ4v) is 4.25. The van der Waals surface area contributed by atoms with Crippen LogP contribution in [0.15, 0.2) is 12.1 Å². The molecule has 13 nitrogen and oxygen atoms in total. The average Bonchev–Trinajstić information content (AvgIpc) is 2.97. The van der Waals surface area contributed by atoms with Crippen LogP contribution in [-0.2, 0) is 0 Å². The predicted molar refractivity (Wildman–Crippen MR) is 165 cm³/mol. The summed E-state index contributed by atoms with van der Waals surface area (Å²) in [5.41, 5.74) is 0.521. The third-order valence-electron chi connectivity index (χ3n) is 6.92. The molecule has 238 valence electrons. The van der Waals surface area contributed by atoms with Crippen LogP contribution in [0.5, 0.6) is 17.4 Å². The van der Waals surface area contributed by atoms with Crippen LogP contribution in [0, 0.1) is 6.92 Å². The maximum Gasteiger partial charge on any atom is 0.416 e. The van der Waals surface area contributed by atoms with Gasteiger partial charge in [-0.2, -0.15) is 0 Å². The van der Waals surface area contributed by atoms with Crippen molar-refractivity contribution in [3.8, 4) is 17.4 Å². The molecule has 1 heterocycles. The Bertz CT molecular complexity index is 1270. The zero-order valence-electron chi connectivity index (χ0n) is 26.7. The molecule has 0 radical (unpaired) electrons. The van der Waals surface area contributed by atoms with Crippen molar-refractivity contribution >= 4 is 40.8 Å². The van der Waals surface area contributed by atoms with Crippen LogP contribution in [-0.4, -0.2) is 89.8 Å². The molecule has 0 spiro atoms. The number of aryl methyl sites for hydroxylation is 1. The minimum absolute atomic E-state index is 0.000962. The van der Waals surface area contributed by atoms with Gasteiger partial charge in [-0.15, -0.1) is 0 Å². The SMILES string of the molecule is CCCCNC(=O)Nc1c(OC(=O)N(CC)CC)nc(C)c2cc(OC(=O)N(CC)CC)c(OC(=O)N(CC)CC)cc12. The van der Waals surface area contributed by atoms with E-state index < -0.39 is 24.3 Å². The molecule has 0 fully saturated rings. The van der Waals surface area contributed by atoms with Crippen LogP contribution in [0.4, 0.5) is 24.9 Å². The van der Waals surface area contributed by atoms with Crippen LogP contribution in [0.1, 0.15) is 67.0 Å². The van der Waals surface area contributed by atoms with E-state index >= 15 is 0 Å². The summed E-state index contributed by atoms with van der Waals surface area (Å²) in [5, 5.41) is 6.40. The number of nitrogens with one attached hydrogen (secondary N) is 2. The molecule has 5 amide bonds. The van der Waals surface area contributed by atoms with Crippen molar-refractivity contribution in [2.75, 3.05) is 51.1 Å². The maximum absolute atomic E-state index is 13.0. The topological polar surface area (TPSA) is 143 Å². The Balaban J connectivity index is 2.79. The van der Waals surface area contributed by atoms with Crippen molar-refractivity contribution in [2.45, 2.75) is 68.2 Å². The summed E-state index contributed by atoms with van der Waals surface area (Å²) in [7, 11) is 0. The number of aromatic nitrogens is 1. The fraction of sp³-hybridized carbons (Fsp3) is 0.567. The number of carbonyl (C=O) groups excluding carboxylic acids is 4. The number of anilines is 1. The lowest BCUT2D eigenvalue weighted by atomic mass is 10.1. The van der Waals surface area contributed by atoms with Crippen molar-refractivity contribution in [1.82, 2.24) is 25.0 Å². The van der Waals surface area contributed by atoms with Crippen LogP contribution >= 0.6 is 0 Å². The van der Waals surface area contributed by atoms with E-state index in [1.54, 1.807) is 6.92 Å². The molecule has 43 heavy (non-hydrogen) atoms. The largest absolute Gasteiger partial charge is 0.416 e. The van der Waals surface area contributed by atoms with E-state index in [0.29, 0.717) is 62.3 Å². The van der Waals surface area contributed by atoms with Crippen molar-refractivity contribution in [3.63, 3.8) is 0 Å². The van der Waals surface area contributed by atoms with Gasteiger partial charge in [-0.3, -0.25) is 0 Å². The number of pyridine rings is 1. The van der Waals surface area contributed by atoms with Crippen LogP contribution < -0.4 is 24.8 Å². The van der Waals surface area contributed by atoms with E-state index in [1.807, 2.05) is 48.5 Å². The number of hydrogen-bond donors (Lipinski definition) is 2. The van der Waals surface area contributed by atoms with Crippen LogP contribution in [0.3, 0.4) is 0 Å². The van der Waals surface area contributed by atoms with Gasteiger partial charge < -0.3 is 39.5 Å². The molecule has 0 atom stereocenters. The van der Waals surface area contributed by atoms with Gasteiger partial charge in [0.2, 0.25) is 5.88 Å². The number of ether oxygens (including phenoxy) is 3. The lowest BCUT2D eigenvalue weighted by Gasteiger charge is -2.23. The van der Waals surface area contributed by atoms with Gasteiger partial charge in [0.15, 0.2) is 11.5 Å². The Morgan fingerprint density at radius 3 is 1.58 bits per heavy atom. The summed E-state index contributed by atoms with van der Waals surface area (Å²) >= 11 is 0. The summed E-state index contributed by atoms with van der Waals surface area (Å²) in [6, 6.07) is 2.48. The van der Waals surface area contributed by atoms with Crippen molar-refractivity contribution < 1.29 is 33.4 Å². The Labute approximate surface area is 253 Å². The van der Waals surface area contributed by atoms with Gasteiger partial charge in [-0.25, -0.2) is 24.2 Å². The lowest BCUT2D eigenvalue weighted by molar-refractivity contribution is 0.146. The second-order valence-corrected chi connectivity index (χ2v) is 9.58. The van der Waals surface area contributed by atoms with E-state index in [0.717, 1.165) is 12.8 Å². The number of nitrogens with zero attached hydrogens (tertiary/aromatic N) is 4. The molecule has 1 aromatic carbocycles. The van der Waals surface area contributed by atoms with Gasteiger partial charge in [0, 0.05) is 62.3 Å². The molecule has 0 aliphatic heterocycles. The number of benzene rings is 1. The number of urea groups is 1. The number of rotatable bonds is 13. The molecule has 13 heteroatoms. The van der Waals surface area contributed by atoms with E-state index in [4.69, 9.17) is 14.2 Å². The average molecular weight is 603 g/mol. The first-order valence-electron chi connectivity index (χ1n) is 15.0. The fourth-order valence-electron chi connectivity index (χ4n) is 4.25. The highest BCUT2D eigenvalue weighted by molar-refractivity contribution is 6.06. The Morgan fingerprint density at radius 2 is 1.14 bits per heavy atom. The first-order valence-corrected chi connectivity index (χ1v) is 15.0. The Hall–Kier alpha value is -4.29. The number of unbranched alkanes of at least 4 members (excludes halogenated alkanes) is 1. The molecule has 0 saturated carbocycles. The molecule has 1 aromatic heterocycles. The van der Waals surface area contributed by atoms with E-state index in [-0.39, 0.29) is 23.1 Å². The molecule has 0 aliphatic carbocycles. The van der Waals surface area contributed by atoms with Crippen molar-refractivity contribution in [2.24, 2.45) is 0 Å². The number of amides is 5. The first kappa shape index (κ1) is 34.9. The van der Waals surface area contributed by atoms with Crippen molar-refractivity contribution in [1.29, 1.82) is 0 Å².